The highest BCUT2D eigenvalue weighted by Gasteiger charge is 2.40. The molecule has 6 nitrogen and oxygen atoms in total. The van der Waals surface area contributed by atoms with Gasteiger partial charge < -0.3 is 15.6 Å². The van der Waals surface area contributed by atoms with Crippen LogP contribution in [-0.2, 0) is 6.54 Å². The van der Waals surface area contributed by atoms with Gasteiger partial charge in [-0.3, -0.25) is 4.90 Å². The summed E-state index contributed by atoms with van der Waals surface area (Å²) >= 11 is 0. The van der Waals surface area contributed by atoms with Crippen molar-refractivity contribution in [3.8, 4) is 0 Å². The van der Waals surface area contributed by atoms with E-state index in [4.69, 9.17) is 5.41 Å². The molecule has 1 saturated heterocycles. The molecule has 9 heteroatoms. The van der Waals surface area contributed by atoms with E-state index < -0.39 is 12.1 Å². The van der Waals surface area contributed by atoms with E-state index >= 15 is 0 Å². The minimum absolute atomic E-state index is 0.116. The van der Waals surface area contributed by atoms with E-state index in [1.165, 1.54) is 6.21 Å². The smallest absolute Gasteiger partial charge is 0.383 e. The number of aryl methyl sites for hydroxylation is 1. The average molecular weight is 497 g/mol. The fourth-order valence-corrected chi connectivity index (χ4v) is 4.51. The molecule has 2 N–H and O–H groups in total. The van der Waals surface area contributed by atoms with Crippen molar-refractivity contribution >= 4 is 34.3 Å². The minimum atomic E-state index is -4.13. The number of rotatable bonds is 7. The van der Waals surface area contributed by atoms with Crippen LogP contribution in [0.1, 0.15) is 29.5 Å². The second-order valence-corrected chi connectivity index (χ2v) is 9.58. The maximum absolute atomic E-state index is 13.1. The maximum Gasteiger partial charge on any atom is 0.391 e. The van der Waals surface area contributed by atoms with E-state index in [-0.39, 0.29) is 12.8 Å². The summed E-state index contributed by atoms with van der Waals surface area (Å²) in [6.07, 6.45) is 1.04. The Kier molecular flexibility index (Phi) is 7.59. The van der Waals surface area contributed by atoms with Crippen molar-refractivity contribution in [3.05, 3.63) is 65.5 Å². The van der Waals surface area contributed by atoms with Crippen molar-refractivity contribution < 1.29 is 13.2 Å². The van der Waals surface area contributed by atoms with Crippen LogP contribution in [0.5, 0.6) is 0 Å². The maximum atomic E-state index is 13.1. The number of nitrogens with one attached hydrogen (secondary N) is 2. The molecule has 1 fully saturated rings. The molecule has 0 spiro atoms. The Morgan fingerprint density at radius 2 is 1.92 bits per heavy atom. The van der Waals surface area contributed by atoms with Crippen molar-refractivity contribution in [3.63, 3.8) is 0 Å². The Labute approximate surface area is 209 Å². The number of allylic oxidation sites excluding steroid dienone is 1. The van der Waals surface area contributed by atoms with Crippen LogP contribution in [0.3, 0.4) is 0 Å². The van der Waals surface area contributed by atoms with Crippen LogP contribution in [0.2, 0.25) is 0 Å². The summed E-state index contributed by atoms with van der Waals surface area (Å²) in [5, 5.41) is 12.2. The molecule has 0 radical (unpaired) electrons. The van der Waals surface area contributed by atoms with Crippen LogP contribution in [0.15, 0.2) is 48.8 Å². The van der Waals surface area contributed by atoms with E-state index in [0.717, 1.165) is 38.9 Å². The van der Waals surface area contributed by atoms with Crippen molar-refractivity contribution in [1.29, 1.82) is 5.41 Å². The summed E-state index contributed by atoms with van der Waals surface area (Å²) in [6, 6.07) is 11.9. The summed E-state index contributed by atoms with van der Waals surface area (Å²) in [4.78, 5) is 13.0. The summed E-state index contributed by atoms with van der Waals surface area (Å²) in [6.45, 7) is 3.34. The highest BCUT2D eigenvalue weighted by Crippen LogP contribution is 2.34. The molecule has 2 heterocycles. The first-order chi connectivity index (χ1) is 17.1. The van der Waals surface area contributed by atoms with Crippen LogP contribution in [0.4, 0.5) is 24.8 Å². The lowest BCUT2D eigenvalue weighted by Gasteiger charge is -2.33. The molecule has 1 aromatic heterocycles. The van der Waals surface area contributed by atoms with Crippen molar-refractivity contribution in [2.45, 2.75) is 32.5 Å². The second kappa shape index (κ2) is 10.7. The Morgan fingerprint density at radius 1 is 1.17 bits per heavy atom. The van der Waals surface area contributed by atoms with Gasteiger partial charge in [-0.05, 0) is 74.3 Å². The average Bonchev–Trinajstić information content (AvgIpc) is 2.82. The molecular weight excluding hydrogens is 465 g/mol. The first kappa shape index (κ1) is 25.6. The van der Waals surface area contributed by atoms with Crippen LogP contribution in [0.25, 0.3) is 16.5 Å². The Balaban J connectivity index is 1.61. The van der Waals surface area contributed by atoms with Crippen molar-refractivity contribution in [2.75, 3.05) is 32.5 Å². The van der Waals surface area contributed by atoms with Gasteiger partial charge in [0.05, 0.1) is 11.4 Å². The quantitative estimate of drug-likeness (QED) is 0.392. The molecule has 0 unspecified atom stereocenters. The molecule has 1 aliphatic heterocycles. The Hall–Kier alpha value is -3.46. The molecule has 0 aliphatic carbocycles. The first-order valence-corrected chi connectivity index (χ1v) is 11.9. The van der Waals surface area contributed by atoms with Gasteiger partial charge in [-0.1, -0.05) is 11.6 Å². The number of nitrogens with zero attached hydrogens (tertiary/aromatic N) is 4. The second-order valence-electron chi connectivity index (χ2n) is 9.58. The molecule has 3 aromatic rings. The number of anilines is 2. The normalized spacial score (nSPS) is 15.8. The highest BCUT2D eigenvalue weighted by atomic mass is 19.4. The van der Waals surface area contributed by atoms with Gasteiger partial charge >= 0.3 is 6.18 Å². The fourth-order valence-electron chi connectivity index (χ4n) is 4.51. The fraction of sp³-hybridized carbons (Fsp3) is 0.370. The minimum Gasteiger partial charge on any atom is -0.383 e. The van der Waals surface area contributed by atoms with Crippen LogP contribution in [0, 0.1) is 18.3 Å². The summed E-state index contributed by atoms with van der Waals surface area (Å²) in [7, 11) is 3.78. The van der Waals surface area contributed by atoms with Gasteiger partial charge in [-0.25, -0.2) is 9.97 Å². The predicted molar refractivity (Wildman–Crippen MR) is 139 cm³/mol. The lowest BCUT2D eigenvalue weighted by molar-refractivity contribution is -0.185. The summed E-state index contributed by atoms with van der Waals surface area (Å²) in [5.74, 6) is -0.771. The Bertz CT molecular complexity index is 1260. The lowest BCUT2D eigenvalue weighted by Crippen LogP contribution is -2.38. The SMILES string of the molecule is Cc1ccc2nc(Nc3cc(CN4CCC(C(F)(F)F)CC4)cc(/C(C=N)=C/N(C)C)c3)ncc2c1. The van der Waals surface area contributed by atoms with Gasteiger partial charge in [0, 0.05) is 55.9 Å². The summed E-state index contributed by atoms with van der Waals surface area (Å²) in [5.41, 5.74) is 5.22. The molecule has 190 valence electrons. The standard InChI is InChI=1S/C27H31F3N6/c1-18-4-5-25-21(10-18)15-32-26(34-25)33-24-12-19(11-20(13-24)22(14-31)17-35(2)3)16-36-8-6-23(7-9-36)27(28,29)30/h4-5,10-15,17,23,31H,6-9,16H2,1-3H3,(H,32,33,34)/b22-17+,31-14?. The van der Waals surface area contributed by atoms with Gasteiger partial charge in [0.25, 0.3) is 0 Å². The lowest BCUT2D eigenvalue weighted by atomic mass is 9.95. The zero-order valence-electron chi connectivity index (χ0n) is 20.7. The third-order valence-corrected chi connectivity index (χ3v) is 6.33. The predicted octanol–water partition coefficient (Wildman–Crippen LogP) is 6.01. The number of piperidine rings is 1. The number of fused-ring (bicyclic) bond motifs is 1. The highest BCUT2D eigenvalue weighted by molar-refractivity contribution is 6.08. The Morgan fingerprint density at radius 3 is 2.58 bits per heavy atom. The van der Waals surface area contributed by atoms with E-state index in [2.05, 4.69) is 20.2 Å². The van der Waals surface area contributed by atoms with Crippen LogP contribution >= 0.6 is 0 Å². The van der Waals surface area contributed by atoms with E-state index in [9.17, 15) is 13.2 Å². The number of likely N-dealkylation sites (tertiary alicyclic amines) is 1. The molecule has 0 saturated carbocycles. The van der Waals surface area contributed by atoms with Gasteiger partial charge in [0.15, 0.2) is 0 Å². The third kappa shape index (κ3) is 6.40. The molecule has 0 amide bonds. The van der Waals surface area contributed by atoms with Crippen LogP contribution in [-0.4, -0.2) is 59.3 Å². The van der Waals surface area contributed by atoms with Crippen LogP contribution < -0.4 is 5.32 Å². The van der Waals surface area contributed by atoms with Gasteiger partial charge in [0.2, 0.25) is 5.95 Å². The molecule has 1 aliphatic rings. The largest absolute Gasteiger partial charge is 0.391 e. The van der Waals surface area contributed by atoms with Gasteiger partial charge in [0.1, 0.15) is 0 Å². The summed E-state index contributed by atoms with van der Waals surface area (Å²) < 4.78 is 39.3. The number of benzene rings is 2. The first-order valence-electron chi connectivity index (χ1n) is 11.9. The monoisotopic (exact) mass is 496 g/mol. The van der Waals surface area contributed by atoms with E-state index in [1.54, 1.807) is 6.20 Å². The zero-order chi connectivity index (χ0) is 25.9. The van der Waals surface area contributed by atoms with Gasteiger partial charge in [-0.2, -0.15) is 13.2 Å². The topological polar surface area (TPSA) is 68.1 Å². The van der Waals surface area contributed by atoms with E-state index in [0.29, 0.717) is 25.6 Å². The number of halogens is 3. The number of hydrogen-bond donors (Lipinski definition) is 2. The molecule has 0 atom stereocenters. The number of aromatic nitrogens is 2. The van der Waals surface area contributed by atoms with E-state index in [1.807, 2.05) is 68.5 Å². The molecule has 4 rings (SSSR count). The molecular formula is C27H31F3N6. The zero-order valence-corrected chi connectivity index (χ0v) is 20.7. The van der Waals surface area contributed by atoms with Gasteiger partial charge in [-0.15, -0.1) is 0 Å². The number of alkyl halides is 3. The third-order valence-electron chi connectivity index (χ3n) is 6.33. The van der Waals surface area contributed by atoms with Crippen molar-refractivity contribution in [2.24, 2.45) is 5.92 Å². The number of hydrogen-bond acceptors (Lipinski definition) is 6. The van der Waals surface area contributed by atoms with Crippen molar-refractivity contribution in [1.82, 2.24) is 19.8 Å². The molecule has 36 heavy (non-hydrogen) atoms. The molecule has 2 aromatic carbocycles. The molecule has 0 bridgehead atoms.